The highest BCUT2D eigenvalue weighted by molar-refractivity contribution is 7.80. The lowest BCUT2D eigenvalue weighted by molar-refractivity contribution is 0.0938. The number of rotatable bonds is 2. The van der Waals surface area contributed by atoms with E-state index in [9.17, 15) is 4.79 Å². The van der Waals surface area contributed by atoms with Crippen molar-refractivity contribution in [2.24, 2.45) is 0 Å². The quantitative estimate of drug-likeness (QED) is 0.814. The number of fused-ring (bicyclic) bond motifs is 1. The van der Waals surface area contributed by atoms with Crippen molar-refractivity contribution in [3.8, 4) is 0 Å². The minimum absolute atomic E-state index is 0.00351. The minimum atomic E-state index is -0.00351. The van der Waals surface area contributed by atoms with Gasteiger partial charge in [-0.15, -0.1) is 12.6 Å². The van der Waals surface area contributed by atoms with Gasteiger partial charge >= 0.3 is 0 Å². The van der Waals surface area contributed by atoms with Crippen LogP contribution in [-0.4, -0.2) is 11.9 Å². The molecule has 0 fully saturated rings. The van der Waals surface area contributed by atoms with Gasteiger partial charge in [-0.05, 0) is 48.6 Å². The van der Waals surface area contributed by atoms with Gasteiger partial charge < -0.3 is 5.32 Å². The van der Waals surface area contributed by atoms with Crippen molar-refractivity contribution in [2.75, 3.05) is 0 Å². The molecule has 2 nitrogen and oxygen atoms in total. The normalized spacial score (nSPS) is 14.1. The van der Waals surface area contributed by atoms with Gasteiger partial charge in [-0.1, -0.05) is 30.3 Å². The fourth-order valence-corrected chi connectivity index (χ4v) is 2.98. The van der Waals surface area contributed by atoms with Crippen molar-refractivity contribution in [1.82, 2.24) is 5.32 Å². The molecule has 102 valence electrons. The first-order valence-corrected chi connectivity index (χ1v) is 7.25. The van der Waals surface area contributed by atoms with Crippen LogP contribution in [-0.2, 0) is 12.8 Å². The molecule has 3 rings (SSSR count). The first kappa shape index (κ1) is 13.3. The molecule has 0 aliphatic heterocycles. The number of carbonyl (C=O) groups excluding carboxylic acids is 1. The molecule has 1 aliphatic rings. The summed E-state index contributed by atoms with van der Waals surface area (Å²) in [4.78, 5) is 13.2. The van der Waals surface area contributed by atoms with Crippen molar-refractivity contribution in [3.05, 3.63) is 64.7 Å². The summed E-state index contributed by atoms with van der Waals surface area (Å²) in [7, 11) is 0. The molecule has 1 amide bonds. The Bertz CT molecular complexity index is 641. The smallest absolute Gasteiger partial charge is 0.251 e. The molecule has 0 saturated carbocycles. The van der Waals surface area contributed by atoms with Crippen LogP contribution >= 0.6 is 12.6 Å². The zero-order valence-electron chi connectivity index (χ0n) is 11.4. The molecule has 1 aliphatic carbocycles. The summed E-state index contributed by atoms with van der Waals surface area (Å²) in [5.74, 6) is -0.00351. The Morgan fingerprint density at radius 1 is 1.15 bits per heavy atom. The first-order chi connectivity index (χ1) is 9.63. The zero-order valence-corrected chi connectivity index (χ0v) is 12.3. The minimum Gasteiger partial charge on any atom is -0.349 e. The van der Waals surface area contributed by atoms with Crippen molar-refractivity contribution < 1.29 is 4.79 Å². The molecule has 0 unspecified atom stereocenters. The molecule has 0 heterocycles. The topological polar surface area (TPSA) is 29.1 Å². The van der Waals surface area contributed by atoms with E-state index in [-0.39, 0.29) is 11.9 Å². The summed E-state index contributed by atoms with van der Waals surface area (Å²) >= 11 is 4.31. The molecule has 0 atom stereocenters. The molecule has 0 radical (unpaired) electrons. The maximum Gasteiger partial charge on any atom is 0.251 e. The Hall–Kier alpha value is -1.74. The van der Waals surface area contributed by atoms with Crippen LogP contribution in [0, 0.1) is 6.92 Å². The summed E-state index contributed by atoms with van der Waals surface area (Å²) in [5.41, 5.74) is 4.39. The monoisotopic (exact) mass is 283 g/mol. The number of hydrogen-bond acceptors (Lipinski definition) is 2. The summed E-state index contributed by atoms with van der Waals surface area (Å²) in [6.07, 6.45) is 1.84. The predicted octanol–water partition coefficient (Wildman–Crippen LogP) is 3.18. The molecule has 0 spiro atoms. The van der Waals surface area contributed by atoms with Gasteiger partial charge in [0.1, 0.15) is 0 Å². The van der Waals surface area contributed by atoms with Gasteiger partial charge in [0, 0.05) is 16.5 Å². The van der Waals surface area contributed by atoms with Crippen LogP contribution in [0.3, 0.4) is 0 Å². The number of aryl methyl sites for hydroxylation is 1. The number of amides is 1. The average molecular weight is 283 g/mol. The van der Waals surface area contributed by atoms with E-state index in [1.807, 2.05) is 25.1 Å². The molecule has 20 heavy (non-hydrogen) atoms. The molecule has 0 saturated heterocycles. The third-order valence-electron chi connectivity index (χ3n) is 3.85. The second kappa shape index (κ2) is 5.33. The van der Waals surface area contributed by atoms with Gasteiger partial charge in [-0.3, -0.25) is 4.79 Å². The lowest BCUT2D eigenvalue weighted by atomic mass is 10.1. The van der Waals surface area contributed by atoms with E-state index in [4.69, 9.17) is 0 Å². The highest BCUT2D eigenvalue weighted by Gasteiger charge is 2.23. The van der Waals surface area contributed by atoms with Gasteiger partial charge in [-0.25, -0.2) is 0 Å². The fourth-order valence-electron chi connectivity index (χ4n) is 2.78. The molecule has 3 heteroatoms. The standard InChI is InChI=1S/C17H17NOS/c1-11-6-7-15(20)10-16(11)17(19)18-14-8-12-4-2-3-5-13(12)9-14/h2-7,10,14,20H,8-9H2,1H3,(H,18,19). The number of carbonyl (C=O) groups is 1. The SMILES string of the molecule is Cc1ccc(S)cc1C(=O)NC1Cc2ccccc2C1. The third kappa shape index (κ3) is 2.59. The Kier molecular flexibility index (Phi) is 3.53. The van der Waals surface area contributed by atoms with Gasteiger partial charge in [0.15, 0.2) is 0 Å². The van der Waals surface area contributed by atoms with E-state index in [1.165, 1.54) is 11.1 Å². The van der Waals surface area contributed by atoms with Gasteiger partial charge in [-0.2, -0.15) is 0 Å². The molecule has 2 aromatic rings. The Morgan fingerprint density at radius 3 is 2.45 bits per heavy atom. The summed E-state index contributed by atoms with van der Waals surface area (Å²) in [5, 5.41) is 3.14. The van der Waals surface area contributed by atoms with Crippen LogP contribution in [0.2, 0.25) is 0 Å². The van der Waals surface area contributed by atoms with Crippen molar-refractivity contribution in [2.45, 2.75) is 30.7 Å². The zero-order chi connectivity index (χ0) is 14.1. The second-order valence-electron chi connectivity index (χ2n) is 5.35. The van der Waals surface area contributed by atoms with Crippen molar-refractivity contribution in [1.29, 1.82) is 0 Å². The van der Waals surface area contributed by atoms with Crippen LogP contribution in [0.5, 0.6) is 0 Å². The Morgan fingerprint density at radius 2 is 1.80 bits per heavy atom. The molecule has 2 aromatic carbocycles. The highest BCUT2D eigenvalue weighted by atomic mass is 32.1. The second-order valence-corrected chi connectivity index (χ2v) is 5.86. The number of benzene rings is 2. The maximum absolute atomic E-state index is 12.4. The van der Waals surface area contributed by atoms with Crippen LogP contribution in [0.25, 0.3) is 0 Å². The van der Waals surface area contributed by atoms with E-state index in [2.05, 4.69) is 42.2 Å². The average Bonchev–Trinajstić information content (AvgIpc) is 2.83. The van der Waals surface area contributed by atoms with Gasteiger partial charge in [0.2, 0.25) is 0 Å². The highest BCUT2D eigenvalue weighted by Crippen LogP contribution is 2.22. The lowest BCUT2D eigenvalue weighted by Crippen LogP contribution is -2.35. The maximum atomic E-state index is 12.4. The largest absolute Gasteiger partial charge is 0.349 e. The molecule has 1 N–H and O–H groups in total. The van der Waals surface area contributed by atoms with E-state index >= 15 is 0 Å². The van der Waals surface area contributed by atoms with Crippen LogP contribution in [0.1, 0.15) is 27.0 Å². The Labute approximate surface area is 124 Å². The third-order valence-corrected chi connectivity index (χ3v) is 4.13. The van der Waals surface area contributed by atoms with Crippen molar-refractivity contribution in [3.63, 3.8) is 0 Å². The molecule has 0 aromatic heterocycles. The molecular weight excluding hydrogens is 266 g/mol. The number of thiol groups is 1. The number of nitrogens with one attached hydrogen (secondary N) is 1. The van der Waals surface area contributed by atoms with Crippen molar-refractivity contribution >= 4 is 18.5 Å². The summed E-state index contributed by atoms with van der Waals surface area (Å²) in [6.45, 7) is 1.95. The number of hydrogen-bond donors (Lipinski definition) is 2. The van der Waals surface area contributed by atoms with Gasteiger partial charge in [0.25, 0.3) is 5.91 Å². The van der Waals surface area contributed by atoms with E-state index in [0.717, 1.165) is 23.3 Å². The first-order valence-electron chi connectivity index (χ1n) is 6.81. The van der Waals surface area contributed by atoms with E-state index in [1.54, 1.807) is 0 Å². The lowest BCUT2D eigenvalue weighted by Gasteiger charge is -2.13. The fraction of sp³-hybridized carbons (Fsp3) is 0.235. The van der Waals surface area contributed by atoms with Crippen LogP contribution < -0.4 is 5.32 Å². The molecular formula is C17H17NOS. The predicted molar refractivity (Wildman–Crippen MR) is 83.5 cm³/mol. The summed E-state index contributed by atoms with van der Waals surface area (Å²) in [6, 6.07) is 14.2. The van der Waals surface area contributed by atoms with Crippen LogP contribution in [0.15, 0.2) is 47.4 Å². The summed E-state index contributed by atoms with van der Waals surface area (Å²) < 4.78 is 0. The van der Waals surface area contributed by atoms with Gasteiger partial charge in [0.05, 0.1) is 0 Å². The van der Waals surface area contributed by atoms with E-state index in [0.29, 0.717) is 5.56 Å². The Balaban J connectivity index is 1.74. The van der Waals surface area contributed by atoms with Crippen LogP contribution in [0.4, 0.5) is 0 Å². The molecule has 0 bridgehead atoms. The van der Waals surface area contributed by atoms with E-state index < -0.39 is 0 Å².